The Morgan fingerprint density at radius 1 is 1.57 bits per heavy atom. The number of likely N-dealkylation sites (tertiary alicyclic amines) is 1. The number of benzene rings is 1. The number of hydrogen-bond acceptors (Lipinski definition) is 3. The first-order chi connectivity index (χ1) is 9.88. The summed E-state index contributed by atoms with van der Waals surface area (Å²) in [6.45, 7) is -0.256. The van der Waals surface area contributed by atoms with Gasteiger partial charge in [-0.1, -0.05) is 18.5 Å². The summed E-state index contributed by atoms with van der Waals surface area (Å²) >= 11 is 5.89. The zero-order valence-electron chi connectivity index (χ0n) is 11.4. The number of ether oxygens (including phenoxy) is 1. The van der Waals surface area contributed by atoms with E-state index in [-0.39, 0.29) is 18.2 Å². The van der Waals surface area contributed by atoms with Gasteiger partial charge in [0.2, 0.25) is 0 Å². The van der Waals surface area contributed by atoms with E-state index in [0.717, 1.165) is 6.42 Å². The highest BCUT2D eigenvalue weighted by Crippen LogP contribution is 2.30. The van der Waals surface area contributed by atoms with Crippen molar-refractivity contribution >= 4 is 17.6 Å². The molecule has 4 nitrogen and oxygen atoms in total. The zero-order chi connectivity index (χ0) is 15.6. The number of nitrogens with zero attached hydrogens (tertiary/aromatic N) is 1. The molecule has 0 spiro atoms. The van der Waals surface area contributed by atoms with E-state index in [1.807, 2.05) is 6.92 Å². The number of hydrogen-bond donors (Lipinski definition) is 1. The molecule has 1 aliphatic heterocycles. The van der Waals surface area contributed by atoms with Gasteiger partial charge in [0, 0.05) is 17.1 Å². The molecule has 0 amide bonds. The second-order valence-corrected chi connectivity index (χ2v) is 5.59. The predicted octanol–water partition coefficient (Wildman–Crippen LogP) is 3.24. The van der Waals surface area contributed by atoms with Gasteiger partial charge >= 0.3 is 12.6 Å². The standard InChI is InChI=1S/C14H16ClF2NO3/c1-8-4-5-18(12(8)13(19)20)7-9-6-10(15)2-3-11(9)21-14(16)17/h2-3,6,8,12,14H,4-5,7H2,1H3,(H,19,20). The van der Waals surface area contributed by atoms with E-state index in [1.165, 1.54) is 18.2 Å². The molecule has 1 saturated heterocycles. The quantitative estimate of drug-likeness (QED) is 0.905. The second-order valence-electron chi connectivity index (χ2n) is 5.15. The monoisotopic (exact) mass is 319 g/mol. The molecule has 1 aliphatic rings. The third-order valence-electron chi connectivity index (χ3n) is 3.67. The third kappa shape index (κ3) is 3.83. The van der Waals surface area contributed by atoms with Crippen LogP contribution < -0.4 is 4.74 Å². The summed E-state index contributed by atoms with van der Waals surface area (Å²) in [5.74, 6) is -0.863. The SMILES string of the molecule is CC1CCN(Cc2cc(Cl)ccc2OC(F)F)C1C(=O)O. The molecule has 21 heavy (non-hydrogen) atoms. The Balaban J connectivity index is 2.22. The summed E-state index contributed by atoms with van der Waals surface area (Å²) in [5, 5.41) is 9.68. The lowest BCUT2D eigenvalue weighted by Crippen LogP contribution is -2.38. The molecule has 116 valence electrons. The van der Waals surface area contributed by atoms with Gasteiger partial charge in [-0.3, -0.25) is 9.69 Å². The van der Waals surface area contributed by atoms with Gasteiger partial charge in [0.05, 0.1) is 0 Å². The zero-order valence-corrected chi connectivity index (χ0v) is 12.2. The first-order valence-electron chi connectivity index (χ1n) is 6.58. The smallest absolute Gasteiger partial charge is 0.387 e. The van der Waals surface area contributed by atoms with E-state index in [0.29, 0.717) is 17.1 Å². The van der Waals surface area contributed by atoms with E-state index >= 15 is 0 Å². The molecule has 1 fully saturated rings. The molecule has 0 aliphatic carbocycles. The fourth-order valence-corrected chi connectivity index (χ4v) is 2.90. The fourth-order valence-electron chi connectivity index (χ4n) is 2.70. The molecule has 1 aromatic rings. The minimum Gasteiger partial charge on any atom is -0.480 e. The van der Waals surface area contributed by atoms with Crippen molar-refractivity contribution in [2.75, 3.05) is 6.54 Å². The van der Waals surface area contributed by atoms with Crippen LogP contribution in [-0.2, 0) is 11.3 Å². The van der Waals surface area contributed by atoms with Crippen molar-refractivity contribution in [3.63, 3.8) is 0 Å². The van der Waals surface area contributed by atoms with Crippen molar-refractivity contribution in [1.29, 1.82) is 0 Å². The summed E-state index contributed by atoms with van der Waals surface area (Å²) in [7, 11) is 0. The Morgan fingerprint density at radius 3 is 2.90 bits per heavy atom. The fraction of sp³-hybridized carbons (Fsp3) is 0.500. The van der Waals surface area contributed by atoms with Crippen LogP contribution >= 0.6 is 11.6 Å². The van der Waals surface area contributed by atoms with Gasteiger partial charge in [0.15, 0.2) is 0 Å². The van der Waals surface area contributed by atoms with Crippen molar-refractivity contribution in [3.8, 4) is 5.75 Å². The number of carboxylic acid groups (broad SMARTS) is 1. The molecule has 2 atom stereocenters. The topological polar surface area (TPSA) is 49.8 Å². The van der Waals surface area contributed by atoms with Crippen molar-refractivity contribution < 1.29 is 23.4 Å². The number of alkyl halides is 2. The molecule has 2 unspecified atom stereocenters. The number of carboxylic acids is 1. The van der Waals surface area contributed by atoms with Gasteiger partial charge < -0.3 is 9.84 Å². The summed E-state index contributed by atoms with van der Waals surface area (Å²) in [6, 6.07) is 3.74. The molecule has 1 aromatic carbocycles. The Bertz CT molecular complexity index is 527. The Hall–Kier alpha value is -1.40. The van der Waals surface area contributed by atoms with E-state index in [2.05, 4.69) is 4.74 Å². The van der Waals surface area contributed by atoms with Crippen LogP contribution in [-0.4, -0.2) is 35.2 Å². The number of rotatable bonds is 5. The molecule has 1 heterocycles. The second kappa shape index (κ2) is 6.58. The highest BCUT2D eigenvalue weighted by Gasteiger charge is 2.36. The molecule has 0 radical (unpaired) electrons. The molecule has 0 bridgehead atoms. The Labute approximate surface area is 126 Å². The van der Waals surface area contributed by atoms with E-state index in [9.17, 15) is 18.7 Å². The predicted molar refractivity (Wildman–Crippen MR) is 73.7 cm³/mol. The van der Waals surface area contributed by atoms with Crippen LogP contribution in [0.15, 0.2) is 18.2 Å². The molecule has 7 heteroatoms. The highest BCUT2D eigenvalue weighted by atomic mass is 35.5. The van der Waals surface area contributed by atoms with Gasteiger partial charge in [-0.2, -0.15) is 8.78 Å². The molecular formula is C14H16ClF2NO3. The van der Waals surface area contributed by atoms with Crippen LogP contribution in [0.1, 0.15) is 18.9 Å². The van der Waals surface area contributed by atoms with E-state index < -0.39 is 18.6 Å². The third-order valence-corrected chi connectivity index (χ3v) is 3.90. The lowest BCUT2D eigenvalue weighted by molar-refractivity contribution is -0.143. The summed E-state index contributed by atoms with van der Waals surface area (Å²) in [6.07, 6.45) is 0.753. The van der Waals surface area contributed by atoms with Crippen LogP contribution in [0.3, 0.4) is 0 Å². The number of carbonyl (C=O) groups is 1. The average Bonchev–Trinajstić information content (AvgIpc) is 2.73. The van der Waals surface area contributed by atoms with Crippen molar-refractivity contribution in [3.05, 3.63) is 28.8 Å². The Kier molecular flexibility index (Phi) is 5.00. The first kappa shape index (κ1) is 16.0. The first-order valence-corrected chi connectivity index (χ1v) is 6.96. The van der Waals surface area contributed by atoms with Gasteiger partial charge in [-0.05, 0) is 37.1 Å². The van der Waals surface area contributed by atoms with Crippen LogP contribution in [0.25, 0.3) is 0 Å². The van der Waals surface area contributed by atoms with Gasteiger partial charge in [0.1, 0.15) is 11.8 Å². The minimum absolute atomic E-state index is 0.0150. The van der Waals surface area contributed by atoms with Gasteiger partial charge in [-0.25, -0.2) is 0 Å². The minimum atomic E-state index is -2.93. The summed E-state index contributed by atoms with van der Waals surface area (Å²) in [4.78, 5) is 13.1. The van der Waals surface area contributed by atoms with Crippen LogP contribution in [0.4, 0.5) is 8.78 Å². The highest BCUT2D eigenvalue weighted by molar-refractivity contribution is 6.30. The lowest BCUT2D eigenvalue weighted by atomic mass is 10.0. The number of aliphatic carboxylic acids is 1. The van der Waals surface area contributed by atoms with E-state index in [1.54, 1.807) is 4.90 Å². The largest absolute Gasteiger partial charge is 0.480 e. The molecule has 2 rings (SSSR count). The summed E-state index contributed by atoms with van der Waals surface area (Å²) in [5.41, 5.74) is 0.461. The van der Waals surface area contributed by atoms with Crippen molar-refractivity contribution in [2.45, 2.75) is 32.5 Å². The van der Waals surface area contributed by atoms with Crippen LogP contribution in [0, 0.1) is 5.92 Å². The maximum Gasteiger partial charge on any atom is 0.387 e. The van der Waals surface area contributed by atoms with E-state index in [4.69, 9.17) is 11.6 Å². The molecular weight excluding hydrogens is 304 g/mol. The van der Waals surface area contributed by atoms with Crippen molar-refractivity contribution in [2.24, 2.45) is 5.92 Å². The maximum absolute atomic E-state index is 12.4. The number of halogens is 3. The summed E-state index contributed by atoms with van der Waals surface area (Å²) < 4.78 is 29.3. The molecule has 0 aromatic heterocycles. The average molecular weight is 320 g/mol. The van der Waals surface area contributed by atoms with Crippen LogP contribution in [0.2, 0.25) is 5.02 Å². The lowest BCUT2D eigenvalue weighted by Gasteiger charge is -2.24. The Morgan fingerprint density at radius 2 is 2.29 bits per heavy atom. The van der Waals surface area contributed by atoms with Gasteiger partial charge in [-0.15, -0.1) is 0 Å². The van der Waals surface area contributed by atoms with Crippen molar-refractivity contribution in [1.82, 2.24) is 4.90 Å². The normalized spacial score (nSPS) is 22.7. The van der Waals surface area contributed by atoms with Crippen LogP contribution in [0.5, 0.6) is 5.75 Å². The molecule has 1 N–H and O–H groups in total. The van der Waals surface area contributed by atoms with Gasteiger partial charge in [0.25, 0.3) is 0 Å². The molecule has 0 saturated carbocycles. The maximum atomic E-state index is 12.4.